The molecule has 0 aromatic heterocycles. The van der Waals surface area contributed by atoms with Gasteiger partial charge in [0.25, 0.3) is 0 Å². The number of carbonyl (C=O) groups is 2. The van der Waals surface area contributed by atoms with Crippen LogP contribution in [0.15, 0.2) is 24.3 Å². The maximum Gasteiger partial charge on any atom is 0.242 e. The number of hydrogen-bond donors (Lipinski definition) is 0. The number of nitrogens with zero attached hydrogens (tertiary/aromatic N) is 2. The maximum atomic E-state index is 12.7. The number of rotatable bonds is 3. The fourth-order valence-corrected chi connectivity index (χ4v) is 3.20. The number of piperidine rings is 1. The molecule has 0 N–H and O–H groups in total. The monoisotopic (exact) mass is 330 g/mol. The van der Waals surface area contributed by atoms with Crippen molar-refractivity contribution in [2.24, 2.45) is 5.92 Å². The summed E-state index contributed by atoms with van der Waals surface area (Å²) in [6, 6.07) is 7.88. The zero-order valence-corrected chi connectivity index (χ0v) is 15.6. The quantitative estimate of drug-likeness (QED) is 0.850. The minimum Gasteiger partial charge on any atom is -0.341 e. The summed E-state index contributed by atoms with van der Waals surface area (Å²) in [5.41, 5.74) is 1.84. The summed E-state index contributed by atoms with van der Waals surface area (Å²) >= 11 is 0. The van der Waals surface area contributed by atoms with Crippen molar-refractivity contribution in [3.63, 3.8) is 0 Å². The minimum atomic E-state index is -0.0922. The Bertz CT molecular complexity index is 596. The van der Waals surface area contributed by atoms with E-state index >= 15 is 0 Å². The molecule has 1 aromatic carbocycles. The third kappa shape index (κ3) is 4.37. The van der Waals surface area contributed by atoms with Crippen molar-refractivity contribution in [2.75, 3.05) is 24.5 Å². The summed E-state index contributed by atoms with van der Waals surface area (Å²) in [5.74, 6) is 0.630. The SMILES string of the molecule is CC(=O)N(CC(=O)N1CCC(C)CC1)c1ccccc1C(C)(C)C. The van der Waals surface area contributed by atoms with E-state index in [0.29, 0.717) is 5.92 Å². The average molecular weight is 330 g/mol. The van der Waals surface area contributed by atoms with Crippen LogP contribution in [0.1, 0.15) is 53.0 Å². The van der Waals surface area contributed by atoms with E-state index in [1.807, 2.05) is 29.2 Å². The predicted molar refractivity (Wildman–Crippen MR) is 98.1 cm³/mol. The largest absolute Gasteiger partial charge is 0.341 e. The van der Waals surface area contributed by atoms with Crippen molar-refractivity contribution >= 4 is 17.5 Å². The highest BCUT2D eigenvalue weighted by Gasteiger charge is 2.27. The van der Waals surface area contributed by atoms with Gasteiger partial charge in [0.15, 0.2) is 0 Å². The highest BCUT2D eigenvalue weighted by atomic mass is 16.2. The second-order valence-corrected chi connectivity index (χ2v) is 7.94. The lowest BCUT2D eigenvalue weighted by Gasteiger charge is -2.33. The fraction of sp³-hybridized carbons (Fsp3) is 0.600. The third-order valence-corrected chi connectivity index (χ3v) is 4.81. The predicted octanol–water partition coefficient (Wildman–Crippen LogP) is 3.60. The number of likely N-dealkylation sites (tertiary alicyclic amines) is 1. The van der Waals surface area contributed by atoms with Gasteiger partial charge >= 0.3 is 0 Å². The summed E-state index contributed by atoms with van der Waals surface area (Å²) in [6.07, 6.45) is 2.09. The van der Waals surface area contributed by atoms with Crippen LogP contribution >= 0.6 is 0 Å². The Balaban J connectivity index is 2.22. The van der Waals surface area contributed by atoms with E-state index in [-0.39, 0.29) is 23.8 Å². The number of amides is 2. The molecule has 0 spiro atoms. The highest BCUT2D eigenvalue weighted by Crippen LogP contribution is 2.32. The molecule has 1 aliphatic heterocycles. The van der Waals surface area contributed by atoms with Crippen LogP contribution in [0.25, 0.3) is 0 Å². The molecule has 0 unspecified atom stereocenters. The molecule has 24 heavy (non-hydrogen) atoms. The zero-order chi connectivity index (χ0) is 17.9. The molecule has 4 heteroatoms. The third-order valence-electron chi connectivity index (χ3n) is 4.81. The van der Waals surface area contributed by atoms with Gasteiger partial charge in [-0.25, -0.2) is 0 Å². The first-order valence-electron chi connectivity index (χ1n) is 8.85. The lowest BCUT2D eigenvalue weighted by molar-refractivity contribution is -0.132. The molecular formula is C20H30N2O2. The smallest absolute Gasteiger partial charge is 0.242 e. The molecule has 0 atom stereocenters. The van der Waals surface area contributed by atoms with Gasteiger partial charge in [-0.15, -0.1) is 0 Å². The molecule has 132 valence electrons. The van der Waals surface area contributed by atoms with E-state index in [1.54, 1.807) is 4.90 Å². The Hall–Kier alpha value is -1.84. The van der Waals surface area contributed by atoms with Crippen LogP contribution < -0.4 is 4.90 Å². The molecular weight excluding hydrogens is 300 g/mol. The minimum absolute atomic E-state index is 0.0424. The van der Waals surface area contributed by atoms with Crippen molar-refractivity contribution in [2.45, 2.75) is 52.9 Å². The Labute approximate surface area is 145 Å². The molecule has 4 nitrogen and oxygen atoms in total. The van der Waals surface area contributed by atoms with Crippen molar-refractivity contribution in [3.8, 4) is 0 Å². The maximum absolute atomic E-state index is 12.7. The lowest BCUT2D eigenvalue weighted by atomic mass is 9.85. The number of carbonyl (C=O) groups excluding carboxylic acids is 2. The molecule has 1 aromatic rings. The van der Waals surface area contributed by atoms with Crippen LogP contribution in [0, 0.1) is 5.92 Å². The molecule has 1 fully saturated rings. The zero-order valence-electron chi connectivity index (χ0n) is 15.6. The van der Waals surface area contributed by atoms with E-state index in [2.05, 4.69) is 27.7 Å². The van der Waals surface area contributed by atoms with Crippen LogP contribution in [-0.4, -0.2) is 36.3 Å². The molecule has 0 aliphatic carbocycles. The summed E-state index contributed by atoms with van der Waals surface area (Å²) in [5, 5.41) is 0. The second-order valence-electron chi connectivity index (χ2n) is 7.94. The molecule has 1 saturated heterocycles. The lowest BCUT2D eigenvalue weighted by Crippen LogP contribution is -2.45. The first-order valence-corrected chi connectivity index (χ1v) is 8.85. The average Bonchev–Trinajstić information content (AvgIpc) is 2.52. The Morgan fingerprint density at radius 3 is 2.29 bits per heavy atom. The number of hydrogen-bond acceptors (Lipinski definition) is 2. The highest BCUT2D eigenvalue weighted by molar-refractivity contribution is 5.98. The molecule has 2 rings (SSSR count). The summed E-state index contributed by atoms with van der Waals surface area (Å²) in [4.78, 5) is 28.5. The Kier molecular flexibility index (Phi) is 5.68. The standard InChI is InChI=1S/C20H30N2O2/c1-15-10-12-21(13-11-15)19(24)14-22(16(2)23)18-9-7-6-8-17(18)20(3,4)5/h6-9,15H,10-14H2,1-5H3. The molecule has 0 bridgehead atoms. The van der Waals surface area contributed by atoms with E-state index in [9.17, 15) is 9.59 Å². The van der Waals surface area contributed by atoms with Crippen molar-refractivity contribution in [1.82, 2.24) is 4.90 Å². The Morgan fingerprint density at radius 2 is 1.75 bits per heavy atom. The number of para-hydroxylation sites is 1. The summed E-state index contributed by atoms with van der Waals surface area (Å²) < 4.78 is 0. The molecule has 1 heterocycles. The number of benzene rings is 1. The van der Waals surface area contributed by atoms with Gasteiger partial charge in [0.05, 0.1) is 0 Å². The van der Waals surface area contributed by atoms with Crippen LogP contribution in [0.2, 0.25) is 0 Å². The van der Waals surface area contributed by atoms with Gasteiger partial charge in [0.1, 0.15) is 6.54 Å². The van der Waals surface area contributed by atoms with Gasteiger partial charge in [-0.3, -0.25) is 9.59 Å². The van der Waals surface area contributed by atoms with Crippen LogP contribution in [0.5, 0.6) is 0 Å². The first kappa shape index (κ1) is 18.5. The van der Waals surface area contributed by atoms with Gasteiger partial charge in [0.2, 0.25) is 11.8 Å². The summed E-state index contributed by atoms with van der Waals surface area (Å²) in [6.45, 7) is 11.8. The normalized spacial score (nSPS) is 16.1. The van der Waals surface area contributed by atoms with Crippen molar-refractivity contribution in [3.05, 3.63) is 29.8 Å². The van der Waals surface area contributed by atoms with E-state index in [1.165, 1.54) is 6.92 Å². The fourth-order valence-electron chi connectivity index (χ4n) is 3.20. The van der Waals surface area contributed by atoms with Crippen LogP contribution in [-0.2, 0) is 15.0 Å². The van der Waals surface area contributed by atoms with Crippen LogP contribution in [0.3, 0.4) is 0 Å². The van der Waals surface area contributed by atoms with Crippen molar-refractivity contribution < 1.29 is 9.59 Å². The second kappa shape index (κ2) is 7.37. The Morgan fingerprint density at radius 1 is 1.17 bits per heavy atom. The van der Waals surface area contributed by atoms with E-state index in [4.69, 9.17) is 0 Å². The van der Waals surface area contributed by atoms with Gasteiger partial charge in [0, 0.05) is 25.7 Å². The van der Waals surface area contributed by atoms with Gasteiger partial charge in [-0.05, 0) is 35.8 Å². The molecule has 2 amide bonds. The van der Waals surface area contributed by atoms with Gasteiger partial charge < -0.3 is 9.80 Å². The number of anilines is 1. The van der Waals surface area contributed by atoms with E-state index < -0.39 is 0 Å². The first-order chi connectivity index (χ1) is 11.2. The molecule has 0 radical (unpaired) electrons. The van der Waals surface area contributed by atoms with Gasteiger partial charge in [-0.2, -0.15) is 0 Å². The summed E-state index contributed by atoms with van der Waals surface area (Å²) in [7, 11) is 0. The van der Waals surface area contributed by atoms with Crippen molar-refractivity contribution in [1.29, 1.82) is 0 Å². The van der Waals surface area contributed by atoms with Gasteiger partial charge in [-0.1, -0.05) is 45.9 Å². The van der Waals surface area contributed by atoms with E-state index in [0.717, 1.165) is 37.2 Å². The molecule has 1 aliphatic rings. The molecule has 0 saturated carbocycles. The topological polar surface area (TPSA) is 40.6 Å². The van der Waals surface area contributed by atoms with Crippen LogP contribution in [0.4, 0.5) is 5.69 Å².